The second-order valence-electron chi connectivity index (χ2n) is 4.99. The Bertz CT molecular complexity index is 486. The Morgan fingerprint density at radius 1 is 1.50 bits per heavy atom. The SMILES string of the molecule is CC(=O)N1CCO[C@@H]2c3cc(O)ccc3CC[C@H]21. The molecule has 0 saturated carbocycles. The molecule has 1 saturated heterocycles. The fourth-order valence-electron chi connectivity index (χ4n) is 3.09. The summed E-state index contributed by atoms with van der Waals surface area (Å²) < 4.78 is 5.84. The van der Waals surface area contributed by atoms with Gasteiger partial charge in [-0.3, -0.25) is 4.79 Å². The van der Waals surface area contributed by atoms with Gasteiger partial charge in [0.25, 0.3) is 0 Å². The molecule has 1 aromatic carbocycles. The van der Waals surface area contributed by atoms with E-state index in [0.29, 0.717) is 13.2 Å². The molecule has 1 fully saturated rings. The molecule has 0 radical (unpaired) electrons. The average Bonchev–Trinajstić information content (AvgIpc) is 2.37. The molecule has 18 heavy (non-hydrogen) atoms. The monoisotopic (exact) mass is 247 g/mol. The van der Waals surface area contributed by atoms with Crippen LogP contribution in [0.5, 0.6) is 5.75 Å². The van der Waals surface area contributed by atoms with Gasteiger partial charge in [-0.2, -0.15) is 0 Å². The van der Waals surface area contributed by atoms with Crippen LogP contribution in [0.3, 0.4) is 0 Å². The Kier molecular flexibility index (Phi) is 2.74. The lowest BCUT2D eigenvalue weighted by molar-refractivity contribution is -0.145. The zero-order valence-electron chi connectivity index (χ0n) is 10.4. The Hall–Kier alpha value is -1.55. The van der Waals surface area contributed by atoms with Crippen LogP contribution < -0.4 is 0 Å². The van der Waals surface area contributed by atoms with Crippen LogP contribution in [0.2, 0.25) is 0 Å². The van der Waals surface area contributed by atoms with E-state index in [1.807, 2.05) is 11.0 Å². The van der Waals surface area contributed by atoms with Crippen molar-refractivity contribution in [3.63, 3.8) is 0 Å². The van der Waals surface area contributed by atoms with E-state index < -0.39 is 0 Å². The van der Waals surface area contributed by atoms with Gasteiger partial charge in [0.2, 0.25) is 5.91 Å². The molecule has 96 valence electrons. The van der Waals surface area contributed by atoms with Gasteiger partial charge in [-0.15, -0.1) is 0 Å². The van der Waals surface area contributed by atoms with Crippen LogP contribution in [-0.2, 0) is 16.0 Å². The van der Waals surface area contributed by atoms with Gasteiger partial charge in [-0.1, -0.05) is 6.07 Å². The van der Waals surface area contributed by atoms with Crippen LogP contribution in [0.15, 0.2) is 18.2 Å². The number of hydrogen-bond acceptors (Lipinski definition) is 3. The second kappa shape index (κ2) is 4.28. The number of morpholine rings is 1. The Balaban J connectivity index is 1.98. The summed E-state index contributed by atoms with van der Waals surface area (Å²) in [6, 6.07) is 5.56. The molecule has 0 aromatic heterocycles. The summed E-state index contributed by atoms with van der Waals surface area (Å²) in [7, 11) is 0. The molecule has 4 heteroatoms. The molecule has 3 rings (SSSR count). The highest BCUT2D eigenvalue weighted by Gasteiger charge is 2.38. The molecular formula is C14H17NO3. The number of carbonyl (C=O) groups excluding carboxylic acids is 1. The Morgan fingerprint density at radius 2 is 2.33 bits per heavy atom. The molecule has 1 heterocycles. The molecule has 0 unspecified atom stereocenters. The molecule has 4 nitrogen and oxygen atoms in total. The van der Waals surface area contributed by atoms with Crippen molar-refractivity contribution in [2.75, 3.05) is 13.2 Å². The van der Waals surface area contributed by atoms with Gasteiger partial charge in [-0.05, 0) is 36.1 Å². The maximum absolute atomic E-state index is 11.7. The summed E-state index contributed by atoms with van der Waals surface area (Å²) in [4.78, 5) is 13.6. The van der Waals surface area contributed by atoms with Gasteiger partial charge in [0.1, 0.15) is 11.9 Å². The zero-order valence-corrected chi connectivity index (χ0v) is 10.4. The molecule has 1 aliphatic carbocycles. The van der Waals surface area contributed by atoms with Gasteiger partial charge in [-0.25, -0.2) is 0 Å². The number of carbonyl (C=O) groups is 1. The number of phenolic OH excluding ortho intramolecular Hbond substituents is 1. The van der Waals surface area contributed by atoms with E-state index in [-0.39, 0.29) is 23.8 Å². The second-order valence-corrected chi connectivity index (χ2v) is 4.99. The van der Waals surface area contributed by atoms with E-state index in [1.54, 1.807) is 19.1 Å². The van der Waals surface area contributed by atoms with Crippen molar-refractivity contribution in [3.8, 4) is 5.75 Å². The first-order chi connectivity index (χ1) is 8.66. The van der Waals surface area contributed by atoms with Crippen LogP contribution in [0.25, 0.3) is 0 Å². The Morgan fingerprint density at radius 3 is 3.11 bits per heavy atom. The third kappa shape index (κ3) is 1.77. The van der Waals surface area contributed by atoms with Gasteiger partial charge < -0.3 is 14.7 Å². The van der Waals surface area contributed by atoms with E-state index in [1.165, 1.54) is 5.56 Å². The molecule has 2 atom stereocenters. The van der Waals surface area contributed by atoms with Gasteiger partial charge in [0.05, 0.1) is 12.6 Å². The largest absolute Gasteiger partial charge is 0.508 e. The molecular weight excluding hydrogens is 230 g/mol. The quantitative estimate of drug-likeness (QED) is 0.758. The van der Waals surface area contributed by atoms with Crippen LogP contribution in [-0.4, -0.2) is 35.1 Å². The fourth-order valence-corrected chi connectivity index (χ4v) is 3.09. The third-order valence-corrected chi connectivity index (χ3v) is 3.93. The number of hydrogen-bond donors (Lipinski definition) is 1. The van der Waals surface area contributed by atoms with Crippen LogP contribution in [0.1, 0.15) is 30.6 Å². The number of fused-ring (bicyclic) bond motifs is 3. The van der Waals surface area contributed by atoms with Gasteiger partial charge in [0, 0.05) is 13.5 Å². The maximum atomic E-state index is 11.7. The summed E-state index contributed by atoms with van der Waals surface area (Å²) in [5.74, 6) is 0.370. The summed E-state index contributed by atoms with van der Waals surface area (Å²) in [6.45, 7) is 2.85. The van der Waals surface area contributed by atoms with Gasteiger partial charge in [0.15, 0.2) is 0 Å². The van der Waals surface area contributed by atoms with Crippen LogP contribution >= 0.6 is 0 Å². The molecule has 0 spiro atoms. The summed E-state index contributed by atoms with van der Waals surface area (Å²) in [5, 5.41) is 9.62. The van der Waals surface area contributed by atoms with E-state index >= 15 is 0 Å². The number of ether oxygens (including phenoxy) is 1. The van der Waals surface area contributed by atoms with Crippen molar-refractivity contribution in [1.29, 1.82) is 0 Å². The number of phenols is 1. The first kappa shape index (κ1) is 11.5. The standard InChI is InChI=1S/C14H17NO3/c1-9(16)15-6-7-18-14-12-8-11(17)4-2-10(12)3-5-13(14)15/h2,4,8,13-14,17H,3,5-7H2,1H3/t13-,14-/m1/s1. The predicted octanol–water partition coefficient (Wildman–Crippen LogP) is 1.63. The molecule has 1 aliphatic heterocycles. The molecule has 1 amide bonds. The maximum Gasteiger partial charge on any atom is 0.219 e. The van der Waals surface area contributed by atoms with Crippen molar-refractivity contribution in [1.82, 2.24) is 4.90 Å². The zero-order chi connectivity index (χ0) is 12.7. The number of aromatic hydroxyl groups is 1. The van der Waals surface area contributed by atoms with Crippen molar-refractivity contribution in [2.24, 2.45) is 0 Å². The van der Waals surface area contributed by atoms with Crippen molar-refractivity contribution in [2.45, 2.75) is 31.9 Å². The minimum absolute atomic E-state index is 0.0847. The van der Waals surface area contributed by atoms with E-state index in [2.05, 4.69) is 0 Å². The normalized spacial score (nSPS) is 26.4. The number of amides is 1. The lowest BCUT2D eigenvalue weighted by Crippen LogP contribution is -2.51. The molecule has 1 aromatic rings. The summed E-state index contributed by atoms with van der Waals surface area (Å²) in [6.07, 6.45) is 1.78. The minimum atomic E-state index is -0.0847. The number of nitrogens with zero attached hydrogens (tertiary/aromatic N) is 1. The number of benzene rings is 1. The topological polar surface area (TPSA) is 49.8 Å². The highest BCUT2D eigenvalue weighted by atomic mass is 16.5. The summed E-state index contributed by atoms with van der Waals surface area (Å²) in [5.41, 5.74) is 2.26. The van der Waals surface area contributed by atoms with E-state index in [4.69, 9.17) is 4.74 Å². The van der Waals surface area contributed by atoms with Crippen molar-refractivity contribution < 1.29 is 14.6 Å². The Labute approximate surface area is 106 Å². The van der Waals surface area contributed by atoms with Crippen molar-refractivity contribution >= 4 is 5.91 Å². The fraction of sp³-hybridized carbons (Fsp3) is 0.500. The highest BCUT2D eigenvalue weighted by molar-refractivity contribution is 5.74. The van der Waals surface area contributed by atoms with E-state index in [9.17, 15) is 9.90 Å². The first-order valence-electron chi connectivity index (χ1n) is 6.37. The number of rotatable bonds is 0. The predicted molar refractivity (Wildman–Crippen MR) is 66.3 cm³/mol. The highest BCUT2D eigenvalue weighted by Crippen LogP contribution is 2.39. The van der Waals surface area contributed by atoms with E-state index in [0.717, 1.165) is 18.4 Å². The van der Waals surface area contributed by atoms with Crippen molar-refractivity contribution in [3.05, 3.63) is 29.3 Å². The van der Waals surface area contributed by atoms with Crippen LogP contribution in [0.4, 0.5) is 0 Å². The smallest absolute Gasteiger partial charge is 0.219 e. The number of aryl methyl sites for hydroxylation is 1. The lowest BCUT2D eigenvalue weighted by Gasteiger charge is -2.44. The molecule has 0 bridgehead atoms. The lowest BCUT2D eigenvalue weighted by atomic mass is 9.84. The average molecular weight is 247 g/mol. The summed E-state index contributed by atoms with van der Waals surface area (Å²) >= 11 is 0. The van der Waals surface area contributed by atoms with Gasteiger partial charge >= 0.3 is 0 Å². The molecule has 1 N–H and O–H groups in total. The third-order valence-electron chi connectivity index (χ3n) is 3.93. The minimum Gasteiger partial charge on any atom is -0.508 e. The molecule has 2 aliphatic rings. The first-order valence-corrected chi connectivity index (χ1v) is 6.37. The van der Waals surface area contributed by atoms with Crippen LogP contribution in [0, 0.1) is 0 Å².